The summed E-state index contributed by atoms with van der Waals surface area (Å²) in [6.07, 6.45) is 0. The summed E-state index contributed by atoms with van der Waals surface area (Å²) in [5.74, 6) is 0. The fraction of sp³-hybridized carbons (Fsp3) is 0.143. The lowest BCUT2D eigenvalue weighted by molar-refractivity contribution is 0.601. The van der Waals surface area contributed by atoms with Gasteiger partial charge in [-0.25, -0.2) is 8.42 Å². The molecule has 5 heteroatoms. The molecular weight excluding hydrogens is 326 g/mol. The number of nitrogens with one attached hydrogen (secondary N) is 1. The van der Waals surface area contributed by atoms with Crippen LogP contribution in [-0.2, 0) is 10.0 Å². The molecule has 2 aromatic carbocycles. The van der Waals surface area contributed by atoms with Crippen molar-refractivity contribution in [1.82, 2.24) is 0 Å². The summed E-state index contributed by atoms with van der Waals surface area (Å²) in [5.41, 5.74) is 2.56. The van der Waals surface area contributed by atoms with Gasteiger partial charge in [0.1, 0.15) is 0 Å². The highest BCUT2D eigenvalue weighted by Gasteiger charge is 2.15. The molecule has 0 amide bonds. The molecule has 1 N–H and O–H groups in total. The number of hydrogen-bond acceptors (Lipinski definition) is 2. The second kappa shape index (κ2) is 5.35. The van der Waals surface area contributed by atoms with E-state index in [0.717, 1.165) is 11.1 Å². The van der Waals surface area contributed by atoms with E-state index in [0.29, 0.717) is 10.2 Å². The molecule has 0 aromatic heterocycles. The number of hydrogen-bond donors (Lipinski definition) is 1. The predicted molar refractivity (Wildman–Crippen MR) is 80.9 cm³/mol. The Hall–Kier alpha value is -1.33. The van der Waals surface area contributed by atoms with Crippen LogP contribution in [-0.4, -0.2) is 8.42 Å². The Morgan fingerprint density at radius 3 is 2.16 bits per heavy atom. The zero-order valence-corrected chi connectivity index (χ0v) is 13.0. The molecule has 0 saturated carbocycles. The van der Waals surface area contributed by atoms with Gasteiger partial charge in [0.2, 0.25) is 0 Å². The van der Waals surface area contributed by atoms with Gasteiger partial charge in [-0.3, -0.25) is 4.72 Å². The van der Waals surface area contributed by atoms with Crippen LogP contribution in [0.15, 0.2) is 51.8 Å². The lowest BCUT2D eigenvalue weighted by Crippen LogP contribution is -2.13. The standard InChI is InChI=1S/C14H14BrNO2S/c1-10-3-6-12(7-4-10)19(17,18)16-14-9-11(2)5-8-13(14)15/h3-9,16H,1-2H3. The Morgan fingerprint density at radius 1 is 0.947 bits per heavy atom. The van der Waals surface area contributed by atoms with Gasteiger partial charge in [-0.2, -0.15) is 0 Å². The van der Waals surface area contributed by atoms with Crippen molar-refractivity contribution in [2.45, 2.75) is 18.7 Å². The maximum Gasteiger partial charge on any atom is 0.261 e. The summed E-state index contributed by atoms with van der Waals surface area (Å²) in [4.78, 5) is 0.256. The van der Waals surface area contributed by atoms with Crippen molar-refractivity contribution in [3.05, 3.63) is 58.1 Å². The van der Waals surface area contributed by atoms with Gasteiger partial charge >= 0.3 is 0 Å². The molecule has 0 fully saturated rings. The van der Waals surface area contributed by atoms with Crippen LogP contribution in [0.1, 0.15) is 11.1 Å². The van der Waals surface area contributed by atoms with Crippen molar-refractivity contribution < 1.29 is 8.42 Å². The molecule has 0 aliphatic carbocycles. The average molecular weight is 340 g/mol. The molecule has 0 spiro atoms. The van der Waals surface area contributed by atoms with Crippen LogP contribution in [0, 0.1) is 13.8 Å². The van der Waals surface area contributed by atoms with Crippen LogP contribution in [0.25, 0.3) is 0 Å². The second-order valence-electron chi connectivity index (χ2n) is 4.40. The van der Waals surface area contributed by atoms with Crippen LogP contribution in [0.5, 0.6) is 0 Å². The normalized spacial score (nSPS) is 11.3. The molecule has 0 aliphatic heterocycles. The summed E-state index contributed by atoms with van der Waals surface area (Å²) in [6, 6.07) is 12.3. The Balaban J connectivity index is 2.36. The van der Waals surface area contributed by atoms with Gasteiger partial charge in [-0.15, -0.1) is 0 Å². The quantitative estimate of drug-likeness (QED) is 0.922. The van der Waals surface area contributed by atoms with Crippen LogP contribution < -0.4 is 4.72 Å². The summed E-state index contributed by atoms with van der Waals surface area (Å²) in [5, 5.41) is 0. The van der Waals surface area contributed by atoms with E-state index in [-0.39, 0.29) is 4.90 Å². The highest BCUT2D eigenvalue weighted by Crippen LogP contribution is 2.26. The molecule has 0 atom stereocenters. The van der Waals surface area contributed by atoms with Crippen molar-refractivity contribution in [2.24, 2.45) is 0 Å². The van der Waals surface area contributed by atoms with Gasteiger partial charge in [0, 0.05) is 4.47 Å². The molecule has 0 radical (unpaired) electrons. The maximum absolute atomic E-state index is 12.2. The highest BCUT2D eigenvalue weighted by atomic mass is 79.9. The van der Waals surface area contributed by atoms with Gasteiger partial charge in [0.15, 0.2) is 0 Å². The van der Waals surface area contributed by atoms with Crippen molar-refractivity contribution in [1.29, 1.82) is 0 Å². The first-order chi connectivity index (χ1) is 8.88. The average Bonchev–Trinajstić information content (AvgIpc) is 2.34. The number of sulfonamides is 1. The maximum atomic E-state index is 12.2. The van der Waals surface area contributed by atoms with Crippen LogP contribution >= 0.6 is 15.9 Å². The Morgan fingerprint density at radius 2 is 1.53 bits per heavy atom. The van der Waals surface area contributed by atoms with Gasteiger partial charge in [-0.1, -0.05) is 23.8 Å². The topological polar surface area (TPSA) is 46.2 Å². The summed E-state index contributed by atoms with van der Waals surface area (Å²) >= 11 is 3.34. The van der Waals surface area contributed by atoms with E-state index in [1.165, 1.54) is 0 Å². The smallest absolute Gasteiger partial charge is 0.261 e. The third kappa shape index (κ3) is 3.36. The van der Waals surface area contributed by atoms with Gasteiger partial charge in [0.05, 0.1) is 10.6 Å². The fourth-order valence-electron chi connectivity index (χ4n) is 1.64. The largest absolute Gasteiger partial charge is 0.278 e. The zero-order chi connectivity index (χ0) is 14.0. The van der Waals surface area contributed by atoms with E-state index in [1.807, 2.05) is 26.0 Å². The lowest BCUT2D eigenvalue weighted by Gasteiger charge is -2.10. The minimum atomic E-state index is -3.55. The molecule has 0 heterocycles. The predicted octanol–water partition coefficient (Wildman–Crippen LogP) is 3.87. The monoisotopic (exact) mass is 339 g/mol. The SMILES string of the molecule is Cc1ccc(S(=O)(=O)Nc2cc(C)ccc2Br)cc1. The van der Waals surface area contributed by atoms with E-state index < -0.39 is 10.0 Å². The molecular formula is C14H14BrNO2S. The van der Waals surface area contributed by atoms with E-state index in [4.69, 9.17) is 0 Å². The third-order valence-corrected chi connectivity index (χ3v) is 4.77. The summed E-state index contributed by atoms with van der Waals surface area (Å²) in [7, 11) is -3.55. The highest BCUT2D eigenvalue weighted by molar-refractivity contribution is 9.10. The van der Waals surface area contributed by atoms with E-state index in [2.05, 4.69) is 20.7 Å². The molecule has 100 valence electrons. The van der Waals surface area contributed by atoms with Gasteiger partial charge in [0.25, 0.3) is 10.0 Å². The van der Waals surface area contributed by atoms with Crippen LogP contribution in [0.4, 0.5) is 5.69 Å². The minimum Gasteiger partial charge on any atom is -0.278 e. The first-order valence-corrected chi connectivity index (χ1v) is 8.02. The van der Waals surface area contributed by atoms with Crippen molar-refractivity contribution in [3.63, 3.8) is 0 Å². The zero-order valence-electron chi connectivity index (χ0n) is 10.6. The molecule has 2 rings (SSSR count). The van der Waals surface area contributed by atoms with Gasteiger partial charge in [-0.05, 0) is 59.6 Å². The Labute approximate surface area is 121 Å². The molecule has 2 aromatic rings. The van der Waals surface area contributed by atoms with E-state index in [9.17, 15) is 8.42 Å². The Bertz CT molecular complexity index is 694. The molecule has 0 unspecified atom stereocenters. The first kappa shape index (κ1) is 14.1. The lowest BCUT2D eigenvalue weighted by atomic mass is 10.2. The minimum absolute atomic E-state index is 0.256. The fourth-order valence-corrected chi connectivity index (χ4v) is 3.19. The number of benzene rings is 2. The molecule has 0 bridgehead atoms. The van der Waals surface area contributed by atoms with Crippen molar-refractivity contribution >= 4 is 31.6 Å². The summed E-state index contributed by atoms with van der Waals surface area (Å²) < 4.78 is 27.8. The van der Waals surface area contributed by atoms with Crippen molar-refractivity contribution in [2.75, 3.05) is 4.72 Å². The van der Waals surface area contributed by atoms with Crippen LogP contribution in [0.3, 0.4) is 0 Å². The molecule has 3 nitrogen and oxygen atoms in total. The Kier molecular flexibility index (Phi) is 3.96. The molecule has 19 heavy (non-hydrogen) atoms. The second-order valence-corrected chi connectivity index (χ2v) is 6.94. The number of rotatable bonds is 3. The first-order valence-electron chi connectivity index (χ1n) is 5.74. The summed E-state index contributed by atoms with van der Waals surface area (Å²) in [6.45, 7) is 3.83. The van der Waals surface area contributed by atoms with E-state index >= 15 is 0 Å². The van der Waals surface area contributed by atoms with Crippen molar-refractivity contribution in [3.8, 4) is 0 Å². The van der Waals surface area contributed by atoms with Crippen LogP contribution in [0.2, 0.25) is 0 Å². The number of halogens is 1. The van der Waals surface area contributed by atoms with Gasteiger partial charge < -0.3 is 0 Å². The number of aryl methyl sites for hydroxylation is 2. The van der Waals surface area contributed by atoms with E-state index in [1.54, 1.807) is 30.3 Å². The molecule has 0 saturated heterocycles. The third-order valence-electron chi connectivity index (χ3n) is 2.70. The number of anilines is 1. The molecule has 0 aliphatic rings.